The number of anilines is 1. The van der Waals surface area contributed by atoms with Crippen LogP contribution in [0.2, 0.25) is 0 Å². The summed E-state index contributed by atoms with van der Waals surface area (Å²) in [6.45, 7) is 4.00. The van der Waals surface area contributed by atoms with Crippen molar-refractivity contribution in [2.24, 2.45) is 0 Å². The SMILES string of the molecule is CCc1ccc(CC(=O)Nc2nnc(-c3csc(C)n3)o2)cc1. The predicted octanol–water partition coefficient (Wildman–Crippen LogP) is 3.25. The summed E-state index contributed by atoms with van der Waals surface area (Å²) < 4.78 is 5.42. The van der Waals surface area contributed by atoms with Gasteiger partial charge in [-0.1, -0.05) is 36.3 Å². The number of rotatable bonds is 5. The first-order valence-electron chi connectivity index (χ1n) is 7.27. The van der Waals surface area contributed by atoms with Crippen molar-refractivity contribution in [3.8, 4) is 11.6 Å². The van der Waals surface area contributed by atoms with Crippen LogP contribution in [-0.4, -0.2) is 21.1 Å². The maximum atomic E-state index is 12.0. The van der Waals surface area contributed by atoms with Gasteiger partial charge in [0.05, 0.1) is 11.4 Å². The van der Waals surface area contributed by atoms with Crippen LogP contribution in [-0.2, 0) is 17.6 Å². The van der Waals surface area contributed by atoms with Crippen LogP contribution in [0.25, 0.3) is 11.6 Å². The second-order valence-electron chi connectivity index (χ2n) is 5.06. The zero-order chi connectivity index (χ0) is 16.2. The molecule has 2 heterocycles. The number of hydrogen-bond donors (Lipinski definition) is 1. The first-order chi connectivity index (χ1) is 11.1. The molecule has 0 aliphatic heterocycles. The second kappa shape index (κ2) is 6.70. The van der Waals surface area contributed by atoms with Gasteiger partial charge in [0.25, 0.3) is 5.89 Å². The molecule has 3 aromatic rings. The molecule has 0 saturated heterocycles. The summed E-state index contributed by atoms with van der Waals surface area (Å²) in [7, 11) is 0. The molecule has 6 nitrogen and oxygen atoms in total. The van der Waals surface area contributed by atoms with E-state index in [0.29, 0.717) is 11.6 Å². The molecule has 0 unspecified atom stereocenters. The number of amides is 1. The van der Waals surface area contributed by atoms with Gasteiger partial charge in [0.1, 0.15) is 5.69 Å². The summed E-state index contributed by atoms with van der Waals surface area (Å²) >= 11 is 1.50. The number of benzene rings is 1. The van der Waals surface area contributed by atoms with Gasteiger partial charge in [0.15, 0.2) is 0 Å². The van der Waals surface area contributed by atoms with Gasteiger partial charge in [-0.05, 0) is 24.5 Å². The number of aryl methyl sites for hydroxylation is 2. The van der Waals surface area contributed by atoms with Gasteiger partial charge < -0.3 is 4.42 Å². The van der Waals surface area contributed by atoms with E-state index >= 15 is 0 Å². The monoisotopic (exact) mass is 328 g/mol. The Morgan fingerprint density at radius 2 is 1.96 bits per heavy atom. The number of nitrogens with one attached hydrogen (secondary N) is 1. The lowest BCUT2D eigenvalue weighted by Gasteiger charge is -2.02. The Morgan fingerprint density at radius 3 is 2.61 bits per heavy atom. The fourth-order valence-electron chi connectivity index (χ4n) is 2.08. The predicted molar refractivity (Wildman–Crippen MR) is 88.3 cm³/mol. The van der Waals surface area contributed by atoms with Gasteiger partial charge >= 0.3 is 6.01 Å². The maximum Gasteiger partial charge on any atom is 0.322 e. The zero-order valence-corrected chi connectivity index (χ0v) is 13.7. The topological polar surface area (TPSA) is 80.9 Å². The van der Waals surface area contributed by atoms with E-state index in [-0.39, 0.29) is 18.3 Å². The Balaban J connectivity index is 1.62. The third kappa shape index (κ3) is 3.81. The van der Waals surface area contributed by atoms with Crippen molar-refractivity contribution in [3.05, 3.63) is 45.8 Å². The number of nitrogens with zero attached hydrogens (tertiary/aromatic N) is 3. The van der Waals surface area contributed by atoms with Gasteiger partial charge in [0, 0.05) is 5.38 Å². The van der Waals surface area contributed by atoms with Crippen molar-refractivity contribution in [1.82, 2.24) is 15.2 Å². The normalized spacial score (nSPS) is 10.7. The minimum absolute atomic E-state index is 0.0841. The van der Waals surface area contributed by atoms with Crippen molar-refractivity contribution in [3.63, 3.8) is 0 Å². The maximum absolute atomic E-state index is 12.0. The summed E-state index contributed by atoms with van der Waals surface area (Å²) in [5, 5.41) is 13.1. The highest BCUT2D eigenvalue weighted by molar-refractivity contribution is 7.09. The van der Waals surface area contributed by atoms with E-state index in [1.807, 2.05) is 36.6 Å². The lowest BCUT2D eigenvalue weighted by molar-refractivity contribution is -0.115. The van der Waals surface area contributed by atoms with Crippen molar-refractivity contribution >= 4 is 23.3 Å². The van der Waals surface area contributed by atoms with E-state index in [1.165, 1.54) is 16.9 Å². The Kier molecular flexibility index (Phi) is 4.47. The molecule has 3 rings (SSSR count). The van der Waals surface area contributed by atoms with E-state index in [0.717, 1.165) is 17.0 Å². The largest absolute Gasteiger partial charge is 0.401 e. The Labute approximate surface area is 137 Å². The molecule has 7 heteroatoms. The Bertz CT molecular complexity index is 808. The van der Waals surface area contributed by atoms with Gasteiger partial charge in [-0.3, -0.25) is 10.1 Å². The third-order valence-electron chi connectivity index (χ3n) is 3.31. The molecule has 0 aliphatic carbocycles. The number of carbonyl (C=O) groups is 1. The summed E-state index contributed by atoms with van der Waals surface area (Å²) in [4.78, 5) is 16.3. The number of thiazole rings is 1. The molecule has 0 atom stereocenters. The number of aromatic nitrogens is 3. The molecule has 2 aromatic heterocycles. The molecule has 0 aliphatic rings. The van der Waals surface area contributed by atoms with Crippen LogP contribution in [0.15, 0.2) is 34.1 Å². The zero-order valence-electron chi connectivity index (χ0n) is 12.9. The van der Waals surface area contributed by atoms with E-state index < -0.39 is 0 Å². The van der Waals surface area contributed by atoms with Gasteiger partial charge in [-0.25, -0.2) is 4.98 Å². The first-order valence-corrected chi connectivity index (χ1v) is 8.15. The molecule has 118 valence electrons. The quantitative estimate of drug-likeness (QED) is 0.777. The smallest absolute Gasteiger partial charge is 0.322 e. The molecule has 1 aromatic carbocycles. The third-order valence-corrected chi connectivity index (χ3v) is 4.08. The number of hydrogen-bond acceptors (Lipinski definition) is 6. The standard InChI is InChI=1S/C16H16N4O2S/c1-3-11-4-6-12(7-5-11)8-14(21)18-16-20-19-15(22-16)13-9-23-10(2)17-13/h4-7,9H,3,8H2,1-2H3,(H,18,20,21). The van der Waals surface area contributed by atoms with Crippen LogP contribution < -0.4 is 5.32 Å². The molecule has 0 bridgehead atoms. The van der Waals surface area contributed by atoms with E-state index in [2.05, 4.69) is 27.4 Å². The van der Waals surface area contributed by atoms with Crippen molar-refractivity contribution in [2.45, 2.75) is 26.7 Å². The van der Waals surface area contributed by atoms with Crippen LogP contribution in [0.3, 0.4) is 0 Å². The van der Waals surface area contributed by atoms with E-state index in [1.54, 1.807) is 0 Å². The minimum atomic E-state index is -0.195. The lowest BCUT2D eigenvalue weighted by atomic mass is 10.1. The Hall–Kier alpha value is -2.54. The summed E-state index contributed by atoms with van der Waals surface area (Å²) in [6.07, 6.45) is 1.24. The highest BCUT2D eigenvalue weighted by atomic mass is 32.1. The average molecular weight is 328 g/mol. The molecule has 0 fully saturated rings. The van der Waals surface area contributed by atoms with Crippen LogP contribution in [0.5, 0.6) is 0 Å². The number of carbonyl (C=O) groups excluding carboxylic acids is 1. The van der Waals surface area contributed by atoms with Gasteiger partial charge in [-0.15, -0.1) is 16.4 Å². The van der Waals surface area contributed by atoms with Crippen LogP contribution >= 0.6 is 11.3 Å². The molecule has 23 heavy (non-hydrogen) atoms. The van der Waals surface area contributed by atoms with Gasteiger partial charge in [0.2, 0.25) is 5.91 Å². The minimum Gasteiger partial charge on any atom is -0.401 e. The van der Waals surface area contributed by atoms with E-state index in [4.69, 9.17) is 4.42 Å². The molecule has 1 N–H and O–H groups in total. The summed E-state index contributed by atoms with van der Waals surface area (Å²) in [6, 6.07) is 8.04. The summed E-state index contributed by atoms with van der Waals surface area (Å²) in [5.41, 5.74) is 2.81. The average Bonchev–Trinajstić information content (AvgIpc) is 3.17. The molecule has 0 spiro atoms. The first kappa shape index (κ1) is 15.4. The highest BCUT2D eigenvalue weighted by Crippen LogP contribution is 2.21. The van der Waals surface area contributed by atoms with Crippen LogP contribution in [0.4, 0.5) is 6.01 Å². The van der Waals surface area contributed by atoms with Crippen LogP contribution in [0.1, 0.15) is 23.1 Å². The fraction of sp³-hybridized carbons (Fsp3) is 0.250. The molecule has 0 radical (unpaired) electrons. The molecular weight excluding hydrogens is 312 g/mol. The van der Waals surface area contributed by atoms with Crippen LogP contribution in [0, 0.1) is 6.92 Å². The fourth-order valence-corrected chi connectivity index (χ4v) is 2.67. The lowest BCUT2D eigenvalue weighted by Crippen LogP contribution is -2.14. The molecule has 1 amide bonds. The van der Waals surface area contributed by atoms with Crippen molar-refractivity contribution < 1.29 is 9.21 Å². The van der Waals surface area contributed by atoms with Crippen molar-refractivity contribution in [2.75, 3.05) is 5.32 Å². The van der Waals surface area contributed by atoms with Crippen molar-refractivity contribution in [1.29, 1.82) is 0 Å². The second-order valence-corrected chi connectivity index (χ2v) is 6.12. The molecule has 0 saturated carbocycles. The van der Waals surface area contributed by atoms with E-state index in [9.17, 15) is 4.79 Å². The molecular formula is C16H16N4O2S. The Morgan fingerprint density at radius 1 is 1.22 bits per heavy atom. The van der Waals surface area contributed by atoms with Gasteiger partial charge in [-0.2, -0.15) is 0 Å². The highest BCUT2D eigenvalue weighted by Gasteiger charge is 2.13. The summed E-state index contributed by atoms with van der Waals surface area (Å²) in [5.74, 6) is 0.107.